The number of fused-ring (bicyclic) bond motifs is 1. The number of hydrogen-bond acceptors (Lipinski definition) is 4. The molecule has 36 heavy (non-hydrogen) atoms. The molecular formula is C29H30N6O. The number of amides is 1. The van der Waals surface area contributed by atoms with E-state index in [0.717, 1.165) is 39.3 Å². The quantitative estimate of drug-likeness (QED) is 0.348. The van der Waals surface area contributed by atoms with Crippen LogP contribution >= 0.6 is 0 Å². The summed E-state index contributed by atoms with van der Waals surface area (Å²) >= 11 is 0. The van der Waals surface area contributed by atoms with Crippen LogP contribution in [0.4, 0.5) is 5.69 Å². The molecule has 2 aromatic carbocycles. The second kappa shape index (κ2) is 9.41. The Morgan fingerprint density at radius 1 is 0.861 bits per heavy atom. The molecule has 0 aliphatic carbocycles. The van der Waals surface area contributed by atoms with Crippen molar-refractivity contribution < 1.29 is 4.79 Å². The molecule has 182 valence electrons. The fourth-order valence-corrected chi connectivity index (χ4v) is 4.70. The number of aromatic nitrogens is 5. The van der Waals surface area contributed by atoms with Crippen molar-refractivity contribution >= 4 is 22.6 Å². The van der Waals surface area contributed by atoms with Gasteiger partial charge in [-0.1, -0.05) is 59.7 Å². The zero-order valence-corrected chi connectivity index (χ0v) is 21.3. The van der Waals surface area contributed by atoms with E-state index in [4.69, 9.17) is 0 Å². The van der Waals surface area contributed by atoms with Crippen LogP contribution in [0, 0.1) is 34.6 Å². The number of pyridine rings is 1. The van der Waals surface area contributed by atoms with E-state index in [2.05, 4.69) is 76.8 Å². The number of carbonyl (C=O) groups is 1. The van der Waals surface area contributed by atoms with Gasteiger partial charge in [0.1, 0.15) is 6.54 Å². The molecule has 7 nitrogen and oxygen atoms in total. The fraction of sp³-hybridized carbons (Fsp3) is 0.241. The van der Waals surface area contributed by atoms with E-state index in [0.29, 0.717) is 12.2 Å². The molecule has 0 aliphatic rings. The van der Waals surface area contributed by atoms with Gasteiger partial charge in [0.25, 0.3) is 0 Å². The Hall–Kier alpha value is -4.26. The van der Waals surface area contributed by atoms with Crippen LogP contribution in [0.2, 0.25) is 0 Å². The number of benzene rings is 2. The summed E-state index contributed by atoms with van der Waals surface area (Å²) in [4.78, 5) is 17.7. The molecule has 0 atom stereocenters. The molecule has 0 aliphatic heterocycles. The molecule has 0 spiro atoms. The van der Waals surface area contributed by atoms with E-state index < -0.39 is 0 Å². The van der Waals surface area contributed by atoms with Gasteiger partial charge in [0, 0.05) is 11.6 Å². The molecule has 0 bridgehead atoms. The lowest BCUT2D eigenvalue weighted by molar-refractivity contribution is -0.116. The molecule has 5 aromatic rings. The first-order valence-electron chi connectivity index (χ1n) is 12.1. The lowest BCUT2D eigenvalue weighted by atomic mass is 10.0. The van der Waals surface area contributed by atoms with Crippen molar-refractivity contribution in [3.05, 3.63) is 94.6 Å². The average Bonchev–Trinajstić information content (AvgIpc) is 3.30. The Kier molecular flexibility index (Phi) is 6.14. The minimum absolute atomic E-state index is 0.0661. The Morgan fingerprint density at radius 2 is 1.61 bits per heavy atom. The first-order valence-corrected chi connectivity index (χ1v) is 12.1. The van der Waals surface area contributed by atoms with Crippen molar-refractivity contribution in [3.8, 4) is 11.1 Å². The van der Waals surface area contributed by atoms with E-state index in [1.54, 1.807) is 10.9 Å². The van der Waals surface area contributed by atoms with Crippen LogP contribution in [-0.2, 0) is 17.9 Å². The monoisotopic (exact) mass is 478 g/mol. The molecule has 5 rings (SSSR count). The Bertz CT molecular complexity index is 1580. The molecule has 3 heterocycles. The maximum Gasteiger partial charge on any atom is 0.246 e. The zero-order valence-electron chi connectivity index (χ0n) is 21.3. The van der Waals surface area contributed by atoms with Gasteiger partial charge >= 0.3 is 0 Å². The molecule has 0 fully saturated rings. The van der Waals surface area contributed by atoms with Gasteiger partial charge in [-0.2, -0.15) is 10.2 Å². The van der Waals surface area contributed by atoms with Gasteiger partial charge in [0.15, 0.2) is 5.65 Å². The Labute approximate surface area is 210 Å². The van der Waals surface area contributed by atoms with E-state index >= 15 is 0 Å². The van der Waals surface area contributed by atoms with Crippen molar-refractivity contribution in [1.29, 1.82) is 0 Å². The van der Waals surface area contributed by atoms with Crippen LogP contribution in [-0.4, -0.2) is 30.5 Å². The van der Waals surface area contributed by atoms with Gasteiger partial charge in [-0.25, -0.2) is 9.67 Å². The topological polar surface area (TPSA) is 77.6 Å². The van der Waals surface area contributed by atoms with Gasteiger partial charge in [-0.05, 0) is 57.4 Å². The van der Waals surface area contributed by atoms with Gasteiger partial charge in [-0.15, -0.1) is 0 Å². The predicted molar refractivity (Wildman–Crippen MR) is 143 cm³/mol. The smallest absolute Gasteiger partial charge is 0.246 e. The Morgan fingerprint density at radius 3 is 2.36 bits per heavy atom. The molecular weight excluding hydrogens is 448 g/mol. The first-order chi connectivity index (χ1) is 17.3. The zero-order chi connectivity index (χ0) is 25.4. The van der Waals surface area contributed by atoms with E-state index in [-0.39, 0.29) is 12.5 Å². The van der Waals surface area contributed by atoms with Crippen LogP contribution in [0.3, 0.4) is 0 Å². The van der Waals surface area contributed by atoms with E-state index in [9.17, 15) is 4.79 Å². The predicted octanol–water partition coefficient (Wildman–Crippen LogP) is 5.52. The van der Waals surface area contributed by atoms with Crippen LogP contribution in [0.15, 0.2) is 60.8 Å². The van der Waals surface area contributed by atoms with Gasteiger partial charge < -0.3 is 5.32 Å². The summed E-state index contributed by atoms with van der Waals surface area (Å²) < 4.78 is 3.61. The van der Waals surface area contributed by atoms with Crippen LogP contribution in [0.25, 0.3) is 22.2 Å². The summed E-state index contributed by atoms with van der Waals surface area (Å²) in [6, 6.07) is 18.8. The lowest BCUT2D eigenvalue weighted by Crippen LogP contribution is -2.20. The number of nitrogens with one attached hydrogen (secondary N) is 1. The highest BCUT2D eigenvalue weighted by Gasteiger charge is 2.18. The largest absolute Gasteiger partial charge is 0.321 e. The maximum atomic E-state index is 13.1. The molecule has 1 N–H and O–H groups in total. The summed E-state index contributed by atoms with van der Waals surface area (Å²) in [5.41, 5.74) is 9.76. The van der Waals surface area contributed by atoms with Crippen molar-refractivity contribution in [2.45, 2.75) is 47.7 Å². The van der Waals surface area contributed by atoms with E-state index in [1.165, 1.54) is 16.7 Å². The van der Waals surface area contributed by atoms with Crippen LogP contribution in [0.5, 0.6) is 0 Å². The third kappa shape index (κ3) is 4.52. The summed E-state index contributed by atoms with van der Waals surface area (Å²) in [6.07, 6.45) is 1.77. The fourth-order valence-electron chi connectivity index (χ4n) is 4.70. The second-order valence-electron chi connectivity index (χ2n) is 9.41. The van der Waals surface area contributed by atoms with E-state index in [1.807, 2.05) is 37.6 Å². The number of rotatable bonds is 6. The third-order valence-corrected chi connectivity index (χ3v) is 6.52. The molecule has 0 saturated heterocycles. The normalized spacial score (nSPS) is 11.2. The standard InChI is InChI=1S/C29H30N6O/c1-18-9-11-24(12-10-18)25-13-14-30-29-27(25)20(3)32-35(29)17-26(36)31-28-21(4)33-34(22(28)5)16-23-8-6-7-19(2)15-23/h6-15H,16-17H2,1-5H3,(H,31,36). The van der Waals surface area contributed by atoms with Crippen molar-refractivity contribution in [2.75, 3.05) is 5.32 Å². The van der Waals surface area contributed by atoms with Gasteiger partial charge in [0.05, 0.1) is 29.3 Å². The van der Waals surface area contributed by atoms with Gasteiger partial charge in [0.2, 0.25) is 5.91 Å². The molecule has 1 amide bonds. The van der Waals surface area contributed by atoms with Crippen molar-refractivity contribution in [3.63, 3.8) is 0 Å². The molecule has 0 radical (unpaired) electrons. The number of aryl methyl sites for hydroxylation is 4. The Balaban J connectivity index is 1.39. The number of nitrogens with zero attached hydrogens (tertiary/aromatic N) is 5. The number of carbonyl (C=O) groups excluding carboxylic acids is 1. The summed E-state index contributed by atoms with van der Waals surface area (Å²) in [7, 11) is 0. The molecule has 0 saturated carbocycles. The highest BCUT2D eigenvalue weighted by atomic mass is 16.2. The summed E-state index contributed by atoms with van der Waals surface area (Å²) in [5, 5.41) is 13.4. The van der Waals surface area contributed by atoms with Gasteiger partial charge in [-0.3, -0.25) is 9.48 Å². The maximum absolute atomic E-state index is 13.1. The summed E-state index contributed by atoms with van der Waals surface area (Å²) in [6.45, 7) is 10.7. The highest BCUT2D eigenvalue weighted by molar-refractivity contribution is 5.96. The average molecular weight is 479 g/mol. The van der Waals surface area contributed by atoms with Crippen LogP contribution in [0.1, 0.15) is 33.8 Å². The minimum atomic E-state index is -0.164. The molecule has 3 aromatic heterocycles. The van der Waals surface area contributed by atoms with Crippen molar-refractivity contribution in [1.82, 2.24) is 24.5 Å². The molecule has 0 unspecified atom stereocenters. The third-order valence-electron chi connectivity index (χ3n) is 6.52. The second-order valence-corrected chi connectivity index (χ2v) is 9.41. The minimum Gasteiger partial charge on any atom is -0.321 e. The highest BCUT2D eigenvalue weighted by Crippen LogP contribution is 2.30. The number of hydrogen-bond donors (Lipinski definition) is 1. The number of anilines is 1. The van der Waals surface area contributed by atoms with Crippen LogP contribution < -0.4 is 5.32 Å². The molecule has 7 heteroatoms. The first kappa shape index (κ1) is 23.5. The summed E-state index contributed by atoms with van der Waals surface area (Å²) in [5.74, 6) is -0.164. The lowest BCUT2D eigenvalue weighted by Gasteiger charge is -2.09. The SMILES string of the molecule is Cc1ccc(-c2ccnc3c2c(C)nn3CC(=O)Nc2c(C)nn(Cc3cccc(C)c3)c2C)cc1. The van der Waals surface area contributed by atoms with Crippen molar-refractivity contribution in [2.24, 2.45) is 0 Å².